The van der Waals surface area contributed by atoms with Crippen LogP contribution in [-0.4, -0.2) is 19.9 Å². The van der Waals surface area contributed by atoms with Crippen LogP contribution >= 0.6 is 0 Å². The van der Waals surface area contributed by atoms with Gasteiger partial charge in [0.05, 0.1) is 5.60 Å². The molecule has 0 radical (unpaired) electrons. The molecule has 1 aromatic heterocycles. The minimum atomic E-state index is -0.927. The van der Waals surface area contributed by atoms with Gasteiger partial charge in [-0.2, -0.15) is 5.10 Å². The summed E-state index contributed by atoms with van der Waals surface area (Å²) >= 11 is 0. The van der Waals surface area contributed by atoms with Gasteiger partial charge >= 0.3 is 0 Å². The summed E-state index contributed by atoms with van der Waals surface area (Å²) in [4.78, 5) is 4.27. The van der Waals surface area contributed by atoms with Gasteiger partial charge in [-0.1, -0.05) is 31.2 Å². The van der Waals surface area contributed by atoms with Crippen molar-refractivity contribution in [2.75, 3.05) is 0 Å². The summed E-state index contributed by atoms with van der Waals surface area (Å²) in [7, 11) is 0. The number of hydrogen-bond donors (Lipinski definition) is 1. The molecule has 1 aromatic carbocycles. The SMILES string of the molecule is CCCn1ncnc1CC(C)(O)c1ccccc1C. The van der Waals surface area contributed by atoms with Gasteiger partial charge in [-0.15, -0.1) is 0 Å². The highest BCUT2D eigenvalue weighted by Gasteiger charge is 2.27. The molecule has 0 fully saturated rings. The smallest absolute Gasteiger partial charge is 0.138 e. The van der Waals surface area contributed by atoms with Crippen LogP contribution in [0.15, 0.2) is 30.6 Å². The molecule has 2 rings (SSSR count). The molecule has 0 amide bonds. The van der Waals surface area contributed by atoms with Crippen LogP contribution in [0.2, 0.25) is 0 Å². The number of nitrogens with zero attached hydrogens (tertiary/aromatic N) is 3. The average molecular weight is 259 g/mol. The van der Waals surface area contributed by atoms with Gasteiger partial charge < -0.3 is 5.11 Å². The van der Waals surface area contributed by atoms with E-state index in [1.54, 1.807) is 6.33 Å². The molecule has 0 aliphatic rings. The average Bonchev–Trinajstić information content (AvgIpc) is 2.77. The van der Waals surface area contributed by atoms with E-state index in [0.717, 1.165) is 29.9 Å². The van der Waals surface area contributed by atoms with Crippen molar-refractivity contribution in [1.82, 2.24) is 14.8 Å². The standard InChI is InChI=1S/C15H21N3O/c1-4-9-18-14(16-11-17-18)10-15(3,19)13-8-6-5-7-12(13)2/h5-8,11,19H,4,9-10H2,1-3H3. The molecular weight excluding hydrogens is 238 g/mol. The predicted molar refractivity (Wildman–Crippen MR) is 74.8 cm³/mol. The fourth-order valence-electron chi connectivity index (χ4n) is 2.40. The summed E-state index contributed by atoms with van der Waals surface area (Å²) in [5.41, 5.74) is 1.11. The zero-order valence-electron chi connectivity index (χ0n) is 11.8. The fraction of sp³-hybridized carbons (Fsp3) is 0.467. The van der Waals surface area contributed by atoms with Crippen LogP contribution in [-0.2, 0) is 18.6 Å². The highest BCUT2D eigenvalue weighted by molar-refractivity contribution is 5.31. The Morgan fingerprint density at radius 1 is 1.32 bits per heavy atom. The predicted octanol–water partition coefficient (Wildman–Crippen LogP) is 2.45. The van der Waals surface area contributed by atoms with Crippen molar-refractivity contribution in [3.8, 4) is 0 Å². The van der Waals surface area contributed by atoms with Gasteiger partial charge in [0.1, 0.15) is 12.2 Å². The summed E-state index contributed by atoms with van der Waals surface area (Å²) in [6.07, 6.45) is 3.03. The minimum Gasteiger partial charge on any atom is -0.385 e. The van der Waals surface area contributed by atoms with Gasteiger partial charge in [0.2, 0.25) is 0 Å². The summed E-state index contributed by atoms with van der Waals surface area (Å²) in [6.45, 7) is 6.78. The Kier molecular flexibility index (Phi) is 4.00. The van der Waals surface area contributed by atoms with E-state index in [2.05, 4.69) is 17.0 Å². The lowest BCUT2D eigenvalue weighted by molar-refractivity contribution is 0.0536. The van der Waals surface area contributed by atoms with Crippen molar-refractivity contribution < 1.29 is 5.11 Å². The molecule has 1 heterocycles. The monoisotopic (exact) mass is 259 g/mol. The molecule has 0 aliphatic heterocycles. The number of benzene rings is 1. The third-order valence-electron chi connectivity index (χ3n) is 3.36. The van der Waals surface area contributed by atoms with Crippen LogP contribution in [0.3, 0.4) is 0 Å². The van der Waals surface area contributed by atoms with Gasteiger partial charge in [0, 0.05) is 13.0 Å². The quantitative estimate of drug-likeness (QED) is 0.897. The molecule has 0 saturated carbocycles. The van der Waals surface area contributed by atoms with Gasteiger partial charge in [0.25, 0.3) is 0 Å². The summed E-state index contributed by atoms with van der Waals surface area (Å²) in [5, 5.41) is 15.0. The van der Waals surface area contributed by atoms with Crippen LogP contribution in [0.4, 0.5) is 0 Å². The zero-order chi connectivity index (χ0) is 13.9. The van der Waals surface area contributed by atoms with E-state index >= 15 is 0 Å². The Bertz CT molecular complexity index is 546. The molecule has 0 saturated heterocycles. The largest absolute Gasteiger partial charge is 0.385 e. The highest BCUT2D eigenvalue weighted by atomic mass is 16.3. The molecular formula is C15H21N3O. The number of rotatable bonds is 5. The maximum atomic E-state index is 10.7. The zero-order valence-corrected chi connectivity index (χ0v) is 11.8. The van der Waals surface area contributed by atoms with Crippen LogP contribution in [0.5, 0.6) is 0 Å². The van der Waals surface area contributed by atoms with Crippen LogP contribution < -0.4 is 0 Å². The van der Waals surface area contributed by atoms with E-state index in [0.29, 0.717) is 6.42 Å². The van der Waals surface area contributed by atoms with Crippen molar-refractivity contribution in [2.45, 2.75) is 45.8 Å². The summed E-state index contributed by atoms with van der Waals surface area (Å²) < 4.78 is 1.87. The summed E-state index contributed by atoms with van der Waals surface area (Å²) in [6, 6.07) is 7.92. The van der Waals surface area contributed by atoms with E-state index in [9.17, 15) is 5.11 Å². The molecule has 4 nitrogen and oxygen atoms in total. The number of aliphatic hydroxyl groups is 1. The van der Waals surface area contributed by atoms with E-state index in [-0.39, 0.29) is 0 Å². The molecule has 19 heavy (non-hydrogen) atoms. The Morgan fingerprint density at radius 2 is 2.05 bits per heavy atom. The van der Waals surface area contributed by atoms with Gasteiger partial charge in [-0.3, -0.25) is 0 Å². The van der Waals surface area contributed by atoms with Crippen molar-refractivity contribution in [3.63, 3.8) is 0 Å². The molecule has 0 aliphatic carbocycles. The lowest BCUT2D eigenvalue weighted by Crippen LogP contribution is -2.27. The fourth-order valence-corrected chi connectivity index (χ4v) is 2.40. The third kappa shape index (κ3) is 3.01. The molecule has 2 aromatic rings. The first kappa shape index (κ1) is 13.7. The summed E-state index contributed by atoms with van der Waals surface area (Å²) in [5.74, 6) is 0.829. The molecule has 4 heteroatoms. The Labute approximate surface area is 114 Å². The number of hydrogen-bond acceptors (Lipinski definition) is 3. The molecule has 1 unspecified atom stereocenters. The molecule has 0 bridgehead atoms. The topological polar surface area (TPSA) is 50.9 Å². The van der Waals surface area contributed by atoms with Crippen LogP contribution in [0.1, 0.15) is 37.2 Å². The highest BCUT2D eigenvalue weighted by Crippen LogP contribution is 2.27. The van der Waals surface area contributed by atoms with Gasteiger partial charge in [0.15, 0.2) is 0 Å². The van der Waals surface area contributed by atoms with Crippen molar-refractivity contribution in [2.24, 2.45) is 0 Å². The molecule has 1 atom stereocenters. The van der Waals surface area contributed by atoms with E-state index in [1.165, 1.54) is 0 Å². The Hall–Kier alpha value is -1.68. The molecule has 1 N–H and O–H groups in total. The molecule has 0 spiro atoms. The van der Waals surface area contributed by atoms with Crippen molar-refractivity contribution in [3.05, 3.63) is 47.5 Å². The number of aromatic nitrogens is 3. The lowest BCUT2D eigenvalue weighted by atomic mass is 9.89. The maximum Gasteiger partial charge on any atom is 0.138 e. The third-order valence-corrected chi connectivity index (χ3v) is 3.36. The lowest BCUT2D eigenvalue weighted by Gasteiger charge is -2.25. The van der Waals surface area contributed by atoms with Crippen molar-refractivity contribution >= 4 is 0 Å². The second kappa shape index (κ2) is 5.53. The first-order valence-electron chi connectivity index (χ1n) is 6.70. The van der Waals surface area contributed by atoms with E-state index in [1.807, 2.05) is 42.8 Å². The molecule has 102 valence electrons. The van der Waals surface area contributed by atoms with Gasteiger partial charge in [-0.05, 0) is 31.4 Å². The maximum absolute atomic E-state index is 10.7. The van der Waals surface area contributed by atoms with E-state index in [4.69, 9.17) is 0 Å². The van der Waals surface area contributed by atoms with Gasteiger partial charge in [-0.25, -0.2) is 9.67 Å². The van der Waals surface area contributed by atoms with Crippen molar-refractivity contribution in [1.29, 1.82) is 0 Å². The van der Waals surface area contributed by atoms with Crippen LogP contribution in [0, 0.1) is 6.92 Å². The second-order valence-corrected chi connectivity index (χ2v) is 5.16. The Balaban J connectivity index is 2.26. The minimum absolute atomic E-state index is 0.470. The first-order chi connectivity index (χ1) is 9.04. The normalized spacial score (nSPS) is 14.3. The second-order valence-electron chi connectivity index (χ2n) is 5.16. The Morgan fingerprint density at radius 3 is 2.74 bits per heavy atom. The van der Waals surface area contributed by atoms with Crippen LogP contribution in [0.25, 0.3) is 0 Å². The number of aryl methyl sites for hydroxylation is 2. The van der Waals surface area contributed by atoms with E-state index < -0.39 is 5.60 Å². The first-order valence-corrected chi connectivity index (χ1v) is 6.70.